The summed E-state index contributed by atoms with van der Waals surface area (Å²) in [4.78, 5) is 22.6. The lowest BCUT2D eigenvalue weighted by Crippen LogP contribution is -2.23. The molecule has 0 spiro atoms. The Hall–Kier alpha value is -2.73. The Kier molecular flexibility index (Phi) is 3.96. The Morgan fingerprint density at radius 3 is 2.92 bits per heavy atom. The van der Waals surface area contributed by atoms with Crippen molar-refractivity contribution in [2.24, 2.45) is 0 Å². The van der Waals surface area contributed by atoms with E-state index in [4.69, 9.17) is 0 Å². The third kappa shape index (κ3) is 3.00. The van der Waals surface area contributed by atoms with Crippen LogP contribution in [-0.4, -0.2) is 22.4 Å². The van der Waals surface area contributed by atoms with Gasteiger partial charge in [0.1, 0.15) is 5.82 Å². The lowest BCUT2D eigenvalue weighted by Gasteiger charge is -2.16. The van der Waals surface area contributed by atoms with Crippen molar-refractivity contribution in [1.29, 1.82) is 0 Å². The second kappa shape index (κ2) is 6.41. The first kappa shape index (κ1) is 14.8. The van der Waals surface area contributed by atoms with E-state index in [2.05, 4.69) is 15.3 Å². The van der Waals surface area contributed by atoms with E-state index in [1.54, 1.807) is 6.20 Å². The zero-order valence-electron chi connectivity index (χ0n) is 13.0. The highest BCUT2D eigenvalue weighted by molar-refractivity contribution is 7.14. The number of rotatable bonds is 4. The van der Waals surface area contributed by atoms with Crippen LogP contribution in [0.25, 0.3) is 11.3 Å². The minimum atomic E-state index is 0.197. The number of hydrogen-bond acceptors (Lipinski definition) is 5. The van der Waals surface area contributed by atoms with Crippen molar-refractivity contribution in [3.05, 3.63) is 54.0 Å². The molecule has 0 aliphatic carbocycles. The van der Waals surface area contributed by atoms with Gasteiger partial charge in [0.25, 0.3) is 0 Å². The van der Waals surface area contributed by atoms with Crippen molar-refractivity contribution < 1.29 is 4.79 Å². The summed E-state index contributed by atoms with van der Waals surface area (Å²) in [7, 11) is 0. The SMILES string of the molecule is O=C1CCCN1c1cccc(-c2csc(Nc3ccccn3)n2)c1. The zero-order valence-corrected chi connectivity index (χ0v) is 13.8. The molecule has 1 aliphatic rings. The minimum Gasteiger partial charge on any atom is -0.316 e. The molecule has 3 aromatic rings. The van der Waals surface area contributed by atoms with Gasteiger partial charge in [-0.2, -0.15) is 0 Å². The summed E-state index contributed by atoms with van der Waals surface area (Å²) in [6, 6.07) is 13.7. The number of thiazole rings is 1. The molecule has 0 radical (unpaired) electrons. The number of hydrogen-bond donors (Lipinski definition) is 1. The molecular formula is C18H16N4OS. The topological polar surface area (TPSA) is 58.1 Å². The molecule has 0 saturated carbocycles. The maximum Gasteiger partial charge on any atom is 0.227 e. The number of pyridine rings is 1. The van der Waals surface area contributed by atoms with Crippen molar-refractivity contribution >= 4 is 33.9 Å². The predicted octanol–water partition coefficient (Wildman–Crippen LogP) is 4.08. The third-order valence-corrected chi connectivity index (χ3v) is 4.69. The first-order valence-electron chi connectivity index (χ1n) is 7.84. The molecule has 5 nitrogen and oxygen atoms in total. The van der Waals surface area contributed by atoms with Gasteiger partial charge >= 0.3 is 0 Å². The van der Waals surface area contributed by atoms with Crippen LogP contribution < -0.4 is 10.2 Å². The number of carbonyl (C=O) groups excluding carboxylic acids is 1. The van der Waals surface area contributed by atoms with Gasteiger partial charge in [0.15, 0.2) is 5.13 Å². The highest BCUT2D eigenvalue weighted by atomic mass is 32.1. The Bertz CT molecular complexity index is 862. The molecule has 1 fully saturated rings. The highest BCUT2D eigenvalue weighted by Gasteiger charge is 2.21. The fourth-order valence-corrected chi connectivity index (χ4v) is 3.49. The van der Waals surface area contributed by atoms with E-state index in [-0.39, 0.29) is 5.91 Å². The van der Waals surface area contributed by atoms with E-state index in [1.165, 1.54) is 11.3 Å². The van der Waals surface area contributed by atoms with E-state index in [1.807, 2.05) is 52.7 Å². The summed E-state index contributed by atoms with van der Waals surface area (Å²) in [5.41, 5.74) is 2.85. The van der Waals surface area contributed by atoms with Crippen molar-refractivity contribution in [2.45, 2.75) is 12.8 Å². The van der Waals surface area contributed by atoms with Crippen LogP contribution in [0.15, 0.2) is 54.0 Å². The van der Waals surface area contributed by atoms with Crippen LogP contribution >= 0.6 is 11.3 Å². The van der Waals surface area contributed by atoms with Gasteiger partial charge in [-0.3, -0.25) is 4.79 Å². The molecule has 1 N–H and O–H groups in total. The number of nitrogens with one attached hydrogen (secondary N) is 1. The molecule has 0 unspecified atom stereocenters. The Morgan fingerprint density at radius 1 is 1.17 bits per heavy atom. The second-order valence-corrected chi connectivity index (χ2v) is 6.44. The number of amides is 1. The fourth-order valence-electron chi connectivity index (χ4n) is 2.76. The molecule has 6 heteroatoms. The molecule has 24 heavy (non-hydrogen) atoms. The van der Waals surface area contributed by atoms with E-state index < -0.39 is 0 Å². The van der Waals surface area contributed by atoms with Crippen LogP contribution in [0.2, 0.25) is 0 Å². The van der Waals surface area contributed by atoms with Crippen LogP contribution in [0.4, 0.5) is 16.6 Å². The van der Waals surface area contributed by atoms with Crippen molar-refractivity contribution in [3.8, 4) is 11.3 Å². The van der Waals surface area contributed by atoms with Crippen LogP contribution in [-0.2, 0) is 4.79 Å². The molecule has 4 rings (SSSR count). The normalized spacial score (nSPS) is 14.2. The maximum absolute atomic E-state index is 11.9. The molecule has 0 bridgehead atoms. The number of benzene rings is 1. The standard InChI is InChI=1S/C18H16N4OS/c23-17-8-4-10-22(17)14-6-3-5-13(11-14)15-12-24-18(20-15)21-16-7-1-2-9-19-16/h1-3,5-7,9,11-12H,4,8,10H2,(H,19,20,21). The zero-order chi connectivity index (χ0) is 16.4. The molecule has 3 heterocycles. The van der Waals surface area contributed by atoms with Gasteiger partial charge in [-0.15, -0.1) is 11.3 Å². The van der Waals surface area contributed by atoms with E-state index in [0.29, 0.717) is 6.42 Å². The van der Waals surface area contributed by atoms with E-state index in [0.717, 1.165) is 40.9 Å². The monoisotopic (exact) mass is 336 g/mol. The van der Waals surface area contributed by atoms with Gasteiger partial charge < -0.3 is 10.2 Å². The van der Waals surface area contributed by atoms with Crippen LogP contribution in [0, 0.1) is 0 Å². The quantitative estimate of drug-likeness (QED) is 0.780. The average molecular weight is 336 g/mol. The number of anilines is 3. The van der Waals surface area contributed by atoms with Gasteiger partial charge in [-0.1, -0.05) is 18.2 Å². The van der Waals surface area contributed by atoms with Crippen molar-refractivity contribution in [2.75, 3.05) is 16.8 Å². The summed E-state index contributed by atoms with van der Waals surface area (Å²) in [6.45, 7) is 0.797. The first-order valence-corrected chi connectivity index (χ1v) is 8.72. The third-order valence-electron chi connectivity index (χ3n) is 3.93. The maximum atomic E-state index is 11.9. The molecule has 1 aliphatic heterocycles. The molecule has 120 valence electrons. The largest absolute Gasteiger partial charge is 0.316 e. The van der Waals surface area contributed by atoms with Crippen LogP contribution in [0.5, 0.6) is 0 Å². The number of carbonyl (C=O) groups is 1. The molecule has 1 aromatic carbocycles. The summed E-state index contributed by atoms with van der Waals surface area (Å²) >= 11 is 1.54. The Morgan fingerprint density at radius 2 is 2.12 bits per heavy atom. The first-order chi connectivity index (χ1) is 11.8. The fraction of sp³-hybridized carbons (Fsp3) is 0.167. The van der Waals surface area contributed by atoms with Crippen LogP contribution in [0.3, 0.4) is 0 Å². The van der Waals surface area contributed by atoms with Crippen molar-refractivity contribution in [1.82, 2.24) is 9.97 Å². The van der Waals surface area contributed by atoms with Gasteiger partial charge in [0.2, 0.25) is 5.91 Å². The summed E-state index contributed by atoms with van der Waals surface area (Å²) < 4.78 is 0. The van der Waals surface area contributed by atoms with Gasteiger partial charge in [0, 0.05) is 35.8 Å². The lowest BCUT2D eigenvalue weighted by atomic mass is 10.1. The lowest BCUT2D eigenvalue weighted by molar-refractivity contribution is -0.117. The van der Waals surface area contributed by atoms with E-state index >= 15 is 0 Å². The number of aromatic nitrogens is 2. The molecule has 1 amide bonds. The van der Waals surface area contributed by atoms with Gasteiger partial charge in [-0.25, -0.2) is 9.97 Å². The summed E-state index contributed by atoms with van der Waals surface area (Å²) in [5.74, 6) is 0.970. The minimum absolute atomic E-state index is 0.197. The Balaban J connectivity index is 1.57. The summed E-state index contributed by atoms with van der Waals surface area (Å²) in [6.07, 6.45) is 3.31. The average Bonchev–Trinajstić information content (AvgIpc) is 3.25. The van der Waals surface area contributed by atoms with Gasteiger partial charge in [-0.05, 0) is 30.7 Å². The smallest absolute Gasteiger partial charge is 0.227 e. The predicted molar refractivity (Wildman–Crippen MR) is 96.7 cm³/mol. The molecule has 1 saturated heterocycles. The molecule has 0 atom stereocenters. The van der Waals surface area contributed by atoms with Crippen LogP contribution in [0.1, 0.15) is 12.8 Å². The van der Waals surface area contributed by atoms with E-state index in [9.17, 15) is 4.79 Å². The molecular weight excluding hydrogens is 320 g/mol. The molecule has 2 aromatic heterocycles. The van der Waals surface area contributed by atoms with Crippen molar-refractivity contribution in [3.63, 3.8) is 0 Å². The van der Waals surface area contributed by atoms with Gasteiger partial charge in [0.05, 0.1) is 5.69 Å². The highest BCUT2D eigenvalue weighted by Crippen LogP contribution is 2.30. The second-order valence-electron chi connectivity index (χ2n) is 5.58. The number of nitrogens with zero attached hydrogens (tertiary/aromatic N) is 3. The Labute approximate surface area is 144 Å². The summed E-state index contributed by atoms with van der Waals surface area (Å²) in [5, 5.41) is 6.01.